The van der Waals surface area contributed by atoms with Gasteiger partial charge in [-0.1, -0.05) is 44.0 Å². The minimum absolute atomic E-state index is 0.0761. The van der Waals surface area contributed by atoms with Crippen LogP contribution >= 0.6 is 23.2 Å². The lowest BCUT2D eigenvalue weighted by molar-refractivity contribution is 0.397. The molecule has 0 aromatic heterocycles. The highest BCUT2D eigenvalue weighted by molar-refractivity contribution is 6.42. The van der Waals surface area contributed by atoms with Crippen LogP contribution in [0.25, 0.3) is 0 Å². The summed E-state index contributed by atoms with van der Waals surface area (Å²) in [4.78, 5) is 0. The Balaban J connectivity index is 3.44. The second-order valence-corrected chi connectivity index (χ2v) is 4.97. The Morgan fingerprint density at radius 1 is 1.14 bits per heavy atom. The molecule has 1 rings (SSSR count). The molecule has 0 saturated carbocycles. The molecular weight excluding hydrogens is 219 g/mol. The van der Waals surface area contributed by atoms with E-state index in [4.69, 9.17) is 27.9 Å². The van der Waals surface area contributed by atoms with Gasteiger partial charge in [-0.3, -0.25) is 0 Å². The Morgan fingerprint density at radius 2 is 1.71 bits per heavy atom. The summed E-state index contributed by atoms with van der Waals surface area (Å²) in [5.41, 5.74) is 0.877. The maximum Gasteiger partial charge on any atom is 0.124 e. The number of methoxy groups -OCH3 is 1. The van der Waals surface area contributed by atoms with E-state index in [9.17, 15) is 0 Å². The van der Waals surface area contributed by atoms with Gasteiger partial charge in [0.15, 0.2) is 0 Å². The average Bonchev–Trinajstić information content (AvgIpc) is 2.07. The van der Waals surface area contributed by atoms with Crippen LogP contribution in [-0.2, 0) is 5.41 Å². The van der Waals surface area contributed by atoms with Crippen molar-refractivity contribution in [3.63, 3.8) is 0 Å². The van der Waals surface area contributed by atoms with Gasteiger partial charge in [0.1, 0.15) is 5.75 Å². The first-order chi connectivity index (χ1) is 6.38. The van der Waals surface area contributed by atoms with Crippen LogP contribution in [0.1, 0.15) is 26.3 Å². The third-order valence-corrected chi connectivity index (χ3v) is 2.83. The van der Waals surface area contributed by atoms with Gasteiger partial charge in [0.25, 0.3) is 0 Å². The first-order valence-electron chi connectivity index (χ1n) is 4.40. The van der Waals surface area contributed by atoms with Crippen molar-refractivity contribution >= 4 is 23.2 Å². The zero-order chi connectivity index (χ0) is 10.9. The summed E-state index contributed by atoms with van der Waals surface area (Å²) in [5, 5.41) is 1.15. The Labute approximate surface area is 95.0 Å². The third-order valence-electron chi connectivity index (χ3n) is 2.03. The lowest BCUT2D eigenvalue weighted by atomic mass is 9.86. The van der Waals surface area contributed by atoms with Crippen LogP contribution in [0.3, 0.4) is 0 Å². The number of benzene rings is 1. The molecule has 78 valence electrons. The van der Waals surface area contributed by atoms with Crippen molar-refractivity contribution in [2.75, 3.05) is 7.11 Å². The molecule has 0 atom stereocenters. The predicted octanol–water partition coefficient (Wildman–Crippen LogP) is 4.30. The van der Waals surface area contributed by atoms with Crippen LogP contribution in [0, 0.1) is 0 Å². The Kier molecular flexibility index (Phi) is 3.33. The fraction of sp³-hybridized carbons (Fsp3) is 0.455. The van der Waals surface area contributed by atoms with Crippen LogP contribution < -0.4 is 4.74 Å². The molecule has 0 amide bonds. The summed E-state index contributed by atoms with van der Waals surface area (Å²) in [6, 6.07) is 3.59. The standard InChI is InChI=1S/C11H14Cl2O/c1-11(2,3)9-8(14-4)6-5-7(12)10(9)13/h5-6H,1-4H3. The quantitative estimate of drug-likeness (QED) is 0.702. The van der Waals surface area contributed by atoms with Crippen molar-refractivity contribution < 1.29 is 4.74 Å². The van der Waals surface area contributed by atoms with E-state index in [-0.39, 0.29) is 5.41 Å². The highest BCUT2D eigenvalue weighted by atomic mass is 35.5. The molecule has 1 aromatic carbocycles. The lowest BCUT2D eigenvalue weighted by Gasteiger charge is -2.23. The molecule has 0 fully saturated rings. The molecule has 0 aliphatic heterocycles. The summed E-state index contributed by atoms with van der Waals surface area (Å²) < 4.78 is 5.26. The maximum atomic E-state index is 6.15. The zero-order valence-electron chi connectivity index (χ0n) is 8.82. The fourth-order valence-corrected chi connectivity index (χ4v) is 2.00. The van der Waals surface area contributed by atoms with Crippen LogP contribution in [0.4, 0.5) is 0 Å². The first-order valence-corrected chi connectivity index (χ1v) is 5.16. The topological polar surface area (TPSA) is 9.23 Å². The van der Waals surface area contributed by atoms with Crippen molar-refractivity contribution in [3.8, 4) is 5.75 Å². The maximum absolute atomic E-state index is 6.15. The molecule has 1 aromatic rings. The Hall–Kier alpha value is -0.400. The van der Waals surface area contributed by atoms with E-state index >= 15 is 0 Å². The normalized spacial score (nSPS) is 11.6. The van der Waals surface area contributed by atoms with Gasteiger partial charge in [-0.05, 0) is 17.5 Å². The average molecular weight is 233 g/mol. The SMILES string of the molecule is COc1ccc(Cl)c(Cl)c1C(C)(C)C. The summed E-state index contributed by atoms with van der Waals surface area (Å²) in [6.07, 6.45) is 0. The third kappa shape index (κ3) is 2.15. The molecular formula is C11H14Cl2O. The van der Waals surface area contributed by atoms with Crippen LogP contribution in [0.2, 0.25) is 10.0 Å². The van der Waals surface area contributed by atoms with Gasteiger partial charge in [0.05, 0.1) is 17.2 Å². The summed E-state index contributed by atoms with van der Waals surface area (Å²) in [6.45, 7) is 6.23. The molecule has 0 radical (unpaired) electrons. The van der Waals surface area contributed by atoms with Crippen molar-refractivity contribution in [2.24, 2.45) is 0 Å². The van der Waals surface area contributed by atoms with Crippen molar-refractivity contribution in [3.05, 3.63) is 27.7 Å². The van der Waals surface area contributed by atoms with Gasteiger partial charge in [-0.25, -0.2) is 0 Å². The molecule has 0 aliphatic carbocycles. The van der Waals surface area contributed by atoms with E-state index in [1.54, 1.807) is 13.2 Å². The molecule has 0 bridgehead atoms. The lowest BCUT2D eigenvalue weighted by Crippen LogP contribution is -2.13. The predicted molar refractivity (Wildman–Crippen MR) is 61.7 cm³/mol. The van der Waals surface area contributed by atoms with Crippen molar-refractivity contribution in [1.29, 1.82) is 0 Å². The minimum Gasteiger partial charge on any atom is -0.496 e. The Bertz CT molecular complexity index is 340. The molecule has 1 nitrogen and oxygen atoms in total. The van der Waals surface area contributed by atoms with Gasteiger partial charge in [-0.15, -0.1) is 0 Å². The first kappa shape index (κ1) is 11.7. The summed E-state index contributed by atoms with van der Waals surface area (Å²) in [7, 11) is 1.63. The van der Waals surface area contributed by atoms with Gasteiger partial charge in [0.2, 0.25) is 0 Å². The zero-order valence-corrected chi connectivity index (χ0v) is 10.3. The van der Waals surface area contributed by atoms with Gasteiger partial charge in [0, 0.05) is 5.56 Å². The molecule has 0 aliphatic rings. The van der Waals surface area contributed by atoms with E-state index in [0.717, 1.165) is 11.3 Å². The molecule has 14 heavy (non-hydrogen) atoms. The van der Waals surface area contributed by atoms with Gasteiger partial charge >= 0.3 is 0 Å². The van der Waals surface area contributed by atoms with Crippen molar-refractivity contribution in [1.82, 2.24) is 0 Å². The number of ether oxygens (including phenoxy) is 1. The van der Waals surface area contributed by atoms with E-state index in [1.807, 2.05) is 6.07 Å². The minimum atomic E-state index is -0.0761. The van der Waals surface area contributed by atoms with Crippen LogP contribution in [0.15, 0.2) is 12.1 Å². The second kappa shape index (κ2) is 4.00. The molecule has 0 heterocycles. The monoisotopic (exact) mass is 232 g/mol. The van der Waals surface area contributed by atoms with Crippen LogP contribution in [0.5, 0.6) is 5.75 Å². The van der Waals surface area contributed by atoms with Gasteiger partial charge < -0.3 is 4.74 Å². The summed E-state index contributed by atoms with van der Waals surface area (Å²) in [5.74, 6) is 0.784. The molecule has 0 unspecified atom stereocenters. The van der Waals surface area contributed by atoms with Gasteiger partial charge in [-0.2, -0.15) is 0 Å². The van der Waals surface area contributed by atoms with E-state index in [2.05, 4.69) is 20.8 Å². The molecule has 0 N–H and O–H groups in total. The largest absolute Gasteiger partial charge is 0.496 e. The highest BCUT2D eigenvalue weighted by Gasteiger charge is 2.23. The Morgan fingerprint density at radius 3 is 2.14 bits per heavy atom. The fourth-order valence-electron chi connectivity index (χ4n) is 1.40. The van der Waals surface area contributed by atoms with E-state index in [0.29, 0.717) is 10.0 Å². The summed E-state index contributed by atoms with van der Waals surface area (Å²) >= 11 is 12.1. The smallest absolute Gasteiger partial charge is 0.124 e. The van der Waals surface area contributed by atoms with E-state index in [1.165, 1.54) is 0 Å². The highest BCUT2D eigenvalue weighted by Crippen LogP contribution is 2.40. The number of hydrogen-bond acceptors (Lipinski definition) is 1. The van der Waals surface area contributed by atoms with E-state index < -0.39 is 0 Å². The molecule has 3 heteroatoms. The number of hydrogen-bond donors (Lipinski definition) is 0. The molecule has 0 spiro atoms. The number of rotatable bonds is 1. The molecule has 0 saturated heterocycles. The van der Waals surface area contributed by atoms with Crippen molar-refractivity contribution in [2.45, 2.75) is 26.2 Å². The van der Waals surface area contributed by atoms with Crippen LogP contribution in [-0.4, -0.2) is 7.11 Å². The number of halogens is 2. The second-order valence-electron chi connectivity index (χ2n) is 4.19.